The number of fused-ring (bicyclic) bond motifs is 2. The topological polar surface area (TPSA) is 195 Å². The first-order valence-corrected chi connectivity index (χ1v) is 23.1. The van der Waals surface area contributed by atoms with Crippen LogP contribution in [0.2, 0.25) is 5.15 Å². The molecule has 0 bridgehead atoms. The fourth-order valence-corrected chi connectivity index (χ4v) is 11.0. The normalized spacial score (nSPS) is 25.7. The van der Waals surface area contributed by atoms with Crippen molar-refractivity contribution in [3.8, 4) is 34.4 Å². The van der Waals surface area contributed by atoms with Crippen molar-refractivity contribution >= 4 is 35.6 Å². The Kier molecular flexibility index (Phi) is 11.8. The minimum Gasteiger partial charge on any atom is -0.465 e. The smallest absolute Gasteiger partial charge is 0.407 e. The second kappa shape index (κ2) is 17.8. The highest BCUT2D eigenvalue weighted by molar-refractivity contribution is 6.31. The number of halogens is 1. The van der Waals surface area contributed by atoms with Gasteiger partial charge in [-0.2, -0.15) is 0 Å². The van der Waals surface area contributed by atoms with E-state index in [1.165, 1.54) is 19.1 Å². The summed E-state index contributed by atoms with van der Waals surface area (Å²) in [7, 11) is 2.80. The third kappa shape index (κ3) is 8.57. The van der Waals surface area contributed by atoms with E-state index in [1.54, 1.807) is 6.20 Å². The number of aromatic amines is 2. The van der Waals surface area contributed by atoms with E-state index in [4.69, 9.17) is 35.8 Å². The number of nitrogens with zero attached hydrogens (tertiary/aromatic N) is 5. The SMILES string of the molecule is COC(=O)N[C@H](C(=O)N1[C@@H]2C[C@@H]2C[C@H]1c1nc(-c2ccc(C#Cc3ccc(-c4cnc([C@@H]5C[C@H]6C[C@H]6N5C(=O)[C@H](C5CCOCC5)N(C)C(=O)O)[nH]4)cc3)cc2)c(Cl)[nH]1)C1CCOCC1. The predicted molar refractivity (Wildman–Crippen MR) is 237 cm³/mol. The van der Waals surface area contributed by atoms with E-state index in [-0.39, 0.29) is 47.8 Å². The Morgan fingerprint density at radius 3 is 1.94 bits per heavy atom. The van der Waals surface area contributed by atoms with Gasteiger partial charge in [0.05, 0.1) is 31.1 Å². The number of aromatic nitrogens is 4. The van der Waals surface area contributed by atoms with Crippen LogP contribution in [0.1, 0.15) is 86.2 Å². The molecule has 0 spiro atoms. The molecule has 17 heteroatoms. The van der Waals surface area contributed by atoms with Gasteiger partial charge < -0.3 is 44.4 Å². The van der Waals surface area contributed by atoms with Gasteiger partial charge in [0.15, 0.2) is 0 Å². The highest BCUT2D eigenvalue weighted by Gasteiger charge is 2.58. The zero-order valence-electron chi connectivity index (χ0n) is 36.4. The van der Waals surface area contributed by atoms with Crippen LogP contribution >= 0.6 is 11.6 Å². The Morgan fingerprint density at radius 2 is 1.35 bits per heavy atom. The molecular formula is C48H53ClN8O8. The van der Waals surface area contributed by atoms with Crippen LogP contribution in [0.5, 0.6) is 0 Å². The number of hydrogen-bond donors (Lipinski definition) is 4. The zero-order chi connectivity index (χ0) is 44.9. The number of benzene rings is 2. The summed E-state index contributed by atoms with van der Waals surface area (Å²) in [5, 5.41) is 13.1. The van der Waals surface area contributed by atoms with Crippen molar-refractivity contribution in [1.82, 2.24) is 40.0 Å². The molecule has 6 aliphatic rings. The molecule has 4 aromatic rings. The van der Waals surface area contributed by atoms with Crippen LogP contribution in [0, 0.1) is 35.5 Å². The lowest BCUT2D eigenvalue weighted by Crippen LogP contribution is -2.54. The molecule has 8 atom stereocenters. The molecule has 4 aliphatic heterocycles. The number of methoxy groups -OCH3 is 1. The third-order valence-corrected chi connectivity index (χ3v) is 14.7. The minimum absolute atomic E-state index is 0.0552. The highest BCUT2D eigenvalue weighted by Crippen LogP contribution is 2.55. The largest absolute Gasteiger partial charge is 0.465 e. The second-order valence-corrected chi connectivity index (χ2v) is 18.7. The van der Waals surface area contributed by atoms with Crippen molar-refractivity contribution < 1.29 is 38.5 Å². The molecule has 6 fully saturated rings. The second-order valence-electron chi connectivity index (χ2n) is 18.3. The Balaban J connectivity index is 0.795. The van der Waals surface area contributed by atoms with Crippen molar-refractivity contribution in [3.63, 3.8) is 0 Å². The van der Waals surface area contributed by atoms with E-state index in [2.05, 4.69) is 27.1 Å². The Hall–Kier alpha value is -5.89. The lowest BCUT2D eigenvalue weighted by Gasteiger charge is -2.38. The summed E-state index contributed by atoms with van der Waals surface area (Å²) in [6, 6.07) is 13.8. The van der Waals surface area contributed by atoms with Crippen LogP contribution in [0.25, 0.3) is 22.5 Å². The number of carboxylic acid groups (broad SMARTS) is 1. The quantitative estimate of drug-likeness (QED) is 0.129. The van der Waals surface area contributed by atoms with E-state index >= 15 is 0 Å². The van der Waals surface area contributed by atoms with E-state index in [9.17, 15) is 24.3 Å². The number of piperidine rings is 2. The standard InChI is InChI=1S/C48H53ClN8O8/c1-55(48(61)62)41(31-15-19-65-20-16-31)46(59)57-36-22-32(36)23-37(57)43-50-25-34(51-43)28-9-5-26(6-10-28)3-4-27-7-11-29(12-8-27)39-42(49)54-44(52-39)38-24-33-21-35(33)56(38)45(58)40(53-47(60)63-2)30-13-17-64-18-14-30/h5-12,25,30-33,35-38,40-41H,13-24H2,1-2H3,(H,50,51)(H,52,54)(H,53,60)(H,61,62)/t32-,33-,35-,36-,37+,38+,40+,41+/m1/s1. The molecule has 2 saturated carbocycles. The molecule has 340 valence electrons. The molecular weight excluding hydrogens is 852 g/mol. The summed E-state index contributed by atoms with van der Waals surface area (Å²) in [6.07, 6.45) is 6.12. The summed E-state index contributed by atoms with van der Waals surface area (Å²) in [5.74, 6) is 8.20. The van der Waals surface area contributed by atoms with Gasteiger partial charge in [0.1, 0.15) is 34.6 Å². The average molecular weight is 905 g/mol. The maximum Gasteiger partial charge on any atom is 0.407 e. The molecule has 4 N–H and O–H groups in total. The summed E-state index contributed by atoms with van der Waals surface area (Å²) < 4.78 is 16.0. The van der Waals surface area contributed by atoms with E-state index in [0.717, 1.165) is 53.6 Å². The van der Waals surface area contributed by atoms with Gasteiger partial charge in [0.25, 0.3) is 0 Å². The first-order valence-electron chi connectivity index (χ1n) is 22.7. The van der Waals surface area contributed by atoms with Crippen LogP contribution in [0.3, 0.4) is 0 Å². The first-order chi connectivity index (χ1) is 31.6. The first kappa shape index (κ1) is 43.0. The van der Waals surface area contributed by atoms with Gasteiger partial charge in [-0.3, -0.25) is 14.5 Å². The lowest BCUT2D eigenvalue weighted by atomic mass is 9.89. The lowest BCUT2D eigenvalue weighted by molar-refractivity contribution is -0.141. The van der Waals surface area contributed by atoms with Gasteiger partial charge >= 0.3 is 12.2 Å². The van der Waals surface area contributed by atoms with Gasteiger partial charge in [0.2, 0.25) is 11.8 Å². The molecule has 4 amide bonds. The van der Waals surface area contributed by atoms with E-state index in [0.29, 0.717) is 86.4 Å². The monoisotopic (exact) mass is 904 g/mol. The van der Waals surface area contributed by atoms with Crippen molar-refractivity contribution in [1.29, 1.82) is 0 Å². The summed E-state index contributed by atoms with van der Waals surface area (Å²) in [5.41, 5.74) is 4.81. The number of nitrogens with one attached hydrogen (secondary N) is 3. The summed E-state index contributed by atoms with van der Waals surface area (Å²) >= 11 is 6.78. The highest BCUT2D eigenvalue weighted by atomic mass is 35.5. The van der Waals surface area contributed by atoms with Crippen LogP contribution in [-0.2, 0) is 23.8 Å². The summed E-state index contributed by atoms with van der Waals surface area (Å²) in [4.78, 5) is 74.4. The maximum atomic E-state index is 14.2. The number of carbonyl (C=O) groups excluding carboxylic acids is 3. The van der Waals surface area contributed by atoms with Gasteiger partial charge in [-0.25, -0.2) is 19.6 Å². The van der Waals surface area contributed by atoms with Crippen molar-refractivity contribution in [2.75, 3.05) is 40.6 Å². The minimum atomic E-state index is -1.11. The van der Waals surface area contributed by atoms with Crippen LogP contribution in [0.4, 0.5) is 9.59 Å². The zero-order valence-corrected chi connectivity index (χ0v) is 37.1. The third-order valence-electron chi connectivity index (χ3n) is 14.5. The number of rotatable bonds is 10. The van der Waals surface area contributed by atoms with Gasteiger partial charge in [0, 0.05) is 62.2 Å². The average Bonchev–Trinajstić information content (AvgIpc) is 3.97. The number of likely N-dealkylation sites (tertiary alicyclic amines) is 2. The Labute approximate surface area is 381 Å². The Bertz CT molecular complexity index is 2500. The van der Waals surface area contributed by atoms with Crippen molar-refractivity contribution in [3.05, 3.63) is 82.7 Å². The number of amides is 4. The van der Waals surface area contributed by atoms with Gasteiger partial charge in [-0.1, -0.05) is 47.7 Å². The van der Waals surface area contributed by atoms with Crippen LogP contribution in [-0.4, -0.2) is 128 Å². The van der Waals surface area contributed by atoms with Gasteiger partial charge in [-0.05, 0) is 105 Å². The van der Waals surface area contributed by atoms with E-state index < -0.39 is 24.3 Å². The molecule has 16 nitrogen and oxygen atoms in total. The molecule has 2 aromatic heterocycles. The Morgan fingerprint density at radius 1 is 0.800 bits per heavy atom. The number of H-pyrrole nitrogens is 2. The predicted octanol–water partition coefficient (Wildman–Crippen LogP) is 6.40. The van der Waals surface area contributed by atoms with Crippen molar-refractivity contribution in [2.24, 2.45) is 23.7 Å². The molecule has 10 rings (SSSR count). The molecule has 6 heterocycles. The van der Waals surface area contributed by atoms with Crippen LogP contribution < -0.4 is 5.32 Å². The molecule has 2 aliphatic carbocycles. The summed E-state index contributed by atoms with van der Waals surface area (Å²) in [6.45, 7) is 2.13. The number of hydrogen-bond acceptors (Lipinski definition) is 9. The van der Waals surface area contributed by atoms with Crippen molar-refractivity contribution in [2.45, 2.75) is 87.6 Å². The fraction of sp³-hybridized carbons (Fsp3) is 0.500. The number of imidazole rings is 2. The molecule has 0 unspecified atom stereocenters. The molecule has 2 aromatic carbocycles. The number of likely N-dealkylation sites (N-methyl/N-ethyl adjacent to an activating group) is 1. The van der Waals surface area contributed by atoms with Gasteiger partial charge in [-0.15, -0.1) is 0 Å². The van der Waals surface area contributed by atoms with Crippen LogP contribution in [0.15, 0.2) is 54.7 Å². The number of ether oxygens (including phenoxy) is 3. The fourth-order valence-electron chi connectivity index (χ4n) is 10.8. The maximum absolute atomic E-state index is 14.2. The molecule has 65 heavy (non-hydrogen) atoms. The molecule has 0 radical (unpaired) electrons. The number of alkyl carbamates (subject to hydrolysis) is 1. The molecule has 4 saturated heterocycles. The number of carbonyl (C=O) groups is 4. The van der Waals surface area contributed by atoms with E-state index in [1.807, 2.05) is 58.3 Å².